The molecular weight excluding hydrogens is 355 g/mol. The molecule has 0 unspecified atom stereocenters. The summed E-state index contributed by atoms with van der Waals surface area (Å²) in [6.07, 6.45) is 1.82. The second kappa shape index (κ2) is 8.71. The van der Waals surface area contributed by atoms with Crippen LogP contribution in [-0.2, 0) is 11.3 Å². The Kier molecular flexibility index (Phi) is 6.31. The van der Waals surface area contributed by atoms with Crippen molar-refractivity contribution in [2.45, 2.75) is 34.2 Å². The summed E-state index contributed by atoms with van der Waals surface area (Å²) >= 11 is 0. The number of hydrogen-bond acceptors (Lipinski definition) is 3. The van der Waals surface area contributed by atoms with Gasteiger partial charge in [0.2, 0.25) is 0 Å². The zero-order valence-electron chi connectivity index (χ0n) is 17.1. The lowest BCUT2D eigenvalue weighted by atomic mass is 10.0. The number of aromatic amines is 1. The number of anilines is 1. The molecule has 1 aromatic heterocycles. The third-order valence-corrected chi connectivity index (χ3v) is 5.49. The van der Waals surface area contributed by atoms with Gasteiger partial charge in [-0.25, -0.2) is 4.39 Å². The van der Waals surface area contributed by atoms with Gasteiger partial charge in [0.15, 0.2) is 0 Å². The second-order valence-corrected chi connectivity index (χ2v) is 7.17. The minimum absolute atomic E-state index is 0.203. The molecule has 3 rings (SSSR count). The van der Waals surface area contributed by atoms with E-state index in [4.69, 9.17) is 0 Å². The molecule has 150 valence electrons. The molecule has 0 bridgehead atoms. The highest BCUT2D eigenvalue weighted by atomic mass is 19.1. The largest absolute Gasteiger partial charge is 0.359 e. The Labute approximate surface area is 166 Å². The number of carbonyl (C=O) groups is 1. The number of nitrogens with zero attached hydrogens (tertiary/aromatic N) is 1. The molecule has 1 aromatic carbocycles. The van der Waals surface area contributed by atoms with Crippen LogP contribution < -0.4 is 10.6 Å². The summed E-state index contributed by atoms with van der Waals surface area (Å²) in [7, 11) is 0. The molecule has 0 spiro atoms. The maximum atomic E-state index is 13.6. The Balaban J connectivity index is 1.76. The van der Waals surface area contributed by atoms with Gasteiger partial charge in [0.1, 0.15) is 5.82 Å². The minimum atomic E-state index is -0.348. The first kappa shape index (κ1) is 20.3. The molecule has 5 nitrogen and oxygen atoms in total. The van der Waals surface area contributed by atoms with Crippen LogP contribution in [-0.4, -0.2) is 42.0 Å². The summed E-state index contributed by atoms with van der Waals surface area (Å²) in [6.45, 7) is 13.3. The predicted octanol–water partition coefficient (Wildman–Crippen LogP) is 3.69. The lowest BCUT2D eigenvalue weighted by molar-refractivity contribution is -0.110. The van der Waals surface area contributed by atoms with Gasteiger partial charge in [-0.3, -0.25) is 4.79 Å². The molecule has 1 aliphatic heterocycles. The molecule has 0 saturated heterocycles. The van der Waals surface area contributed by atoms with Crippen LogP contribution in [0, 0.1) is 19.7 Å². The van der Waals surface area contributed by atoms with E-state index >= 15 is 0 Å². The van der Waals surface area contributed by atoms with Crippen molar-refractivity contribution in [2.24, 2.45) is 0 Å². The first-order chi connectivity index (χ1) is 13.4. The fourth-order valence-electron chi connectivity index (χ4n) is 3.66. The van der Waals surface area contributed by atoms with Gasteiger partial charge < -0.3 is 20.5 Å². The Morgan fingerprint density at radius 1 is 1.21 bits per heavy atom. The van der Waals surface area contributed by atoms with Crippen molar-refractivity contribution < 1.29 is 9.18 Å². The summed E-state index contributed by atoms with van der Waals surface area (Å²) in [5, 5.41) is 6.30. The molecule has 1 amide bonds. The molecule has 0 aliphatic carbocycles. The van der Waals surface area contributed by atoms with Crippen molar-refractivity contribution in [3.8, 4) is 0 Å². The van der Waals surface area contributed by atoms with E-state index < -0.39 is 0 Å². The zero-order chi connectivity index (χ0) is 20.3. The van der Waals surface area contributed by atoms with E-state index in [0.717, 1.165) is 49.7 Å². The van der Waals surface area contributed by atoms with Gasteiger partial charge in [0.05, 0.1) is 5.57 Å². The van der Waals surface area contributed by atoms with Crippen molar-refractivity contribution in [3.05, 3.63) is 52.1 Å². The molecule has 1 aliphatic rings. The number of amides is 1. The van der Waals surface area contributed by atoms with Crippen molar-refractivity contribution in [2.75, 3.05) is 31.5 Å². The minimum Gasteiger partial charge on any atom is -0.359 e. The van der Waals surface area contributed by atoms with Gasteiger partial charge in [-0.1, -0.05) is 13.8 Å². The van der Waals surface area contributed by atoms with Gasteiger partial charge in [0, 0.05) is 42.3 Å². The standard InChI is InChI=1S/C22H29FN4O/c1-5-27(6-2)10-9-24-13-19-14(3)21(25-15(19)4)12-18-17-11-16(23)7-8-20(17)26-22(18)28/h7-8,11-12,24-25H,5-6,9-10,13H2,1-4H3,(H,26,28)/b18-12-. The molecule has 0 fully saturated rings. The van der Waals surface area contributed by atoms with E-state index in [1.807, 2.05) is 13.0 Å². The number of likely N-dealkylation sites (N-methyl/N-ethyl adjacent to an activating group) is 1. The van der Waals surface area contributed by atoms with Gasteiger partial charge in [-0.05, 0) is 62.3 Å². The van der Waals surface area contributed by atoms with Crippen LogP contribution in [0.4, 0.5) is 10.1 Å². The number of aryl methyl sites for hydroxylation is 1. The third kappa shape index (κ3) is 4.18. The third-order valence-electron chi connectivity index (χ3n) is 5.49. The Morgan fingerprint density at radius 2 is 1.96 bits per heavy atom. The fourth-order valence-corrected chi connectivity index (χ4v) is 3.66. The first-order valence-corrected chi connectivity index (χ1v) is 9.88. The molecule has 0 atom stereocenters. The van der Waals surface area contributed by atoms with Crippen LogP contribution in [0.3, 0.4) is 0 Å². The number of rotatable bonds is 8. The molecule has 6 heteroatoms. The topological polar surface area (TPSA) is 60.2 Å². The average Bonchev–Trinajstić information content (AvgIpc) is 3.12. The molecular formula is C22H29FN4O. The molecule has 2 aromatic rings. The van der Waals surface area contributed by atoms with Crippen molar-refractivity contribution in [1.29, 1.82) is 0 Å². The average molecular weight is 384 g/mol. The highest BCUT2D eigenvalue weighted by Crippen LogP contribution is 2.34. The van der Waals surface area contributed by atoms with E-state index in [0.29, 0.717) is 16.8 Å². The van der Waals surface area contributed by atoms with Gasteiger partial charge in [-0.15, -0.1) is 0 Å². The SMILES string of the molecule is CCN(CC)CCNCc1c(C)[nH]c(/C=C2\C(=O)Nc3ccc(F)cc32)c1C. The van der Waals surface area contributed by atoms with Crippen molar-refractivity contribution >= 4 is 23.2 Å². The number of H-pyrrole nitrogens is 1. The Bertz CT molecular complexity index is 896. The van der Waals surface area contributed by atoms with Gasteiger partial charge in [-0.2, -0.15) is 0 Å². The van der Waals surface area contributed by atoms with Gasteiger partial charge in [0.25, 0.3) is 5.91 Å². The quantitative estimate of drug-likeness (QED) is 0.480. The molecule has 0 saturated carbocycles. The van der Waals surface area contributed by atoms with Crippen LogP contribution in [0.25, 0.3) is 11.6 Å². The number of fused-ring (bicyclic) bond motifs is 1. The summed E-state index contributed by atoms with van der Waals surface area (Å²) in [5.74, 6) is -0.551. The number of benzene rings is 1. The van der Waals surface area contributed by atoms with Crippen molar-refractivity contribution in [3.63, 3.8) is 0 Å². The number of halogens is 1. The van der Waals surface area contributed by atoms with Crippen LogP contribution in [0.1, 0.15) is 41.9 Å². The summed E-state index contributed by atoms with van der Waals surface area (Å²) in [6, 6.07) is 4.36. The van der Waals surface area contributed by atoms with Crippen molar-refractivity contribution in [1.82, 2.24) is 15.2 Å². The highest BCUT2D eigenvalue weighted by molar-refractivity contribution is 6.34. The van der Waals surface area contributed by atoms with Crippen LogP contribution in [0.2, 0.25) is 0 Å². The summed E-state index contributed by atoms with van der Waals surface area (Å²) in [5.41, 5.74) is 6.03. The van der Waals surface area contributed by atoms with E-state index in [9.17, 15) is 9.18 Å². The predicted molar refractivity (Wildman–Crippen MR) is 113 cm³/mol. The monoisotopic (exact) mass is 384 g/mol. The van der Waals surface area contributed by atoms with E-state index in [-0.39, 0.29) is 11.7 Å². The number of aromatic nitrogens is 1. The first-order valence-electron chi connectivity index (χ1n) is 9.88. The number of hydrogen-bond donors (Lipinski definition) is 3. The maximum Gasteiger partial charge on any atom is 0.256 e. The smallest absolute Gasteiger partial charge is 0.256 e. The fraction of sp³-hybridized carbons (Fsp3) is 0.409. The number of carbonyl (C=O) groups excluding carboxylic acids is 1. The highest BCUT2D eigenvalue weighted by Gasteiger charge is 2.25. The van der Waals surface area contributed by atoms with Crippen LogP contribution in [0.15, 0.2) is 18.2 Å². The summed E-state index contributed by atoms with van der Waals surface area (Å²) < 4.78 is 13.6. The molecule has 2 heterocycles. The Morgan fingerprint density at radius 3 is 2.68 bits per heavy atom. The van der Waals surface area contributed by atoms with Gasteiger partial charge >= 0.3 is 0 Å². The zero-order valence-corrected chi connectivity index (χ0v) is 17.1. The molecule has 0 radical (unpaired) electrons. The lowest BCUT2D eigenvalue weighted by Gasteiger charge is -2.18. The number of nitrogens with one attached hydrogen (secondary N) is 3. The van der Waals surface area contributed by atoms with Crippen LogP contribution in [0.5, 0.6) is 0 Å². The molecule has 3 N–H and O–H groups in total. The normalized spacial score (nSPS) is 14.8. The maximum absolute atomic E-state index is 13.6. The van der Waals surface area contributed by atoms with E-state index in [2.05, 4.69) is 41.3 Å². The lowest BCUT2D eigenvalue weighted by Crippen LogP contribution is -2.31. The van der Waals surface area contributed by atoms with E-state index in [1.54, 1.807) is 6.07 Å². The van der Waals surface area contributed by atoms with E-state index in [1.165, 1.54) is 17.7 Å². The Hall–Kier alpha value is -2.44. The molecule has 28 heavy (non-hydrogen) atoms. The summed E-state index contributed by atoms with van der Waals surface area (Å²) in [4.78, 5) is 18.1. The van der Waals surface area contributed by atoms with Crippen LogP contribution >= 0.6 is 0 Å². The second-order valence-electron chi connectivity index (χ2n) is 7.17.